The third-order valence-electron chi connectivity index (χ3n) is 4.50. The number of rotatable bonds is 2. The fraction of sp³-hybridized carbons (Fsp3) is 0.312. The Morgan fingerprint density at radius 1 is 1.09 bits per heavy atom. The predicted molar refractivity (Wildman–Crippen MR) is 84.3 cm³/mol. The molecule has 23 heavy (non-hydrogen) atoms. The number of carbonyl (C=O) groups excluding carboxylic acids is 1. The highest BCUT2D eigenvalue weighted by molar-refractivity contribution is 7.89. The molecule has 2 aliphatic rings. The van der Waals surface area contributed by atoms with Crippen molar-refractivity contribution < 1.29 is 17.6 Å². The minimum Gasteiger partial charge on any atom is -0.464 e. The molecule has 0 spiro atoms. The molecule has 0 N–H and O–H groups in total. The summed E-state index contributed by atoms with van der Waals surface area (Å²) >= 11 is 0. The van der Waals surface area contributed by atoms with Gasteiger partial charge in [-0.05, 0) is 35.4 Å². The Morgan fingerprint density at radius 3 is 2.43 bits per heavy atom. The molecule has 0 bridgehead atoms. The molecule has 1 aromatic heterocycles. The lowest BCUT2D eigenvalue weighted by Crippen LogP contribution is -2.35. The molecule has 0 saturated heterocycles. The number of furan rings is 1. The standard InChI is InChI=1S/C16H16N2O4S/c1-11(19)17-7-13-9-18(10-14(13)8-17)23(20,21)15-2-3-16-12(6-15)4-5-22-16/h2-6H,7-10H2,1H3. The first kappa shape index (κ1) is 14.5. The van der Waals surface area contributed by atoms with Crippen molar-refractivity contribution >= 4 is 26.9 Å². The average molecular weight is 332 g/mol. The van der Waals surface area contributed by atoms with Crippen molar-refractivity contribution in [1.82, 2.24) is 9.21 Å². The van der Waals surface area contributed by atoms with Crippen LogP contribution in [0.4, 0.5) is 0 Å². The zero-order valence-corrected chi connectivity index (χ0v) is 13.5. The summed E-state index contributed by atoms with van der Waals surface area (Å²) in [5.41, 5.74) is 2.77. The largest absolute Gasteiger partial charge is 0.464 e. The van der Waals surface area contributed by atoms with Gasteiger partial charge in [-0.1, -0.05) is 0 Å². The first-order valence-electron chi connectivity index (χ1n) is 7.38. The van der Waals surface area contributed by atoms with E-state index >= 15 is 0 Å². The molecule has 120 valence electrons. The lowest BCUT2D eigenvalue weighted by atomic mass is 10.2. The molecule has 0 saturated carbocycles. The van der Waals surface area contributed by atoms with Gasteiger partial charge in [-0.3, -0.25) is 4.79 Å². The minimum absolute atomic E-state index is 0.0271. The molecular weight excluding hydrogens is 316 g/mol. The fourth-order valence-corrected chi connectivity index (χ4v) is 4.66. The van der Waals surface area contributed by atoms with Crippen molar-refractivity contribution in [2.24, 2.45) is 0 Å². The van der Waals surface area contributed by atoms with Gasteiger partial charge < -0.3 is 9.32 Å². The number of sulfonamides is 1. The first-order valence-corrected chi connectivity index (χ1v) is 8.82. The molecule has 1 amide bonds. The van der Waals surface area contributed by atoms with Gasteiger partial charge in [0.05, 0.1) is 11.2 Å². The highest BCUT2D eigenvalue weighted by Crippen LogP contribution is 2.31. The van der Waals surface area contributed by atoms with Crippen LogP contribution < -0.4 is 0 Å². The van der Waals surface area contributed by atoms with E-state index in [2.05, 4.69) is 0 Å². The lowest BCUT2D eigenvalue weighted by molar-refractivity contribution is -0.127. The Labute approximate surface area is 134 Å². The van der Waals surface area contributed by atoms with E-state index < -0.39 is 10.0 Å². The van der Waals surface area contributed by atoms with E-state index in [0.717, 1.165) is 16.5 Å². The van der Waals surface area contributed by atoms with Crippen LogP contribution in [-0.4, -0.2) is 49.7 Å². The van der Waals surface area contributed by atoms with Crippen LogP contribution in [0.5, 0.6) is 0 Å². The lowest BCUT2D eigenvalue weighted by Gasteiger charge is -2.21. The summed E-state index contributed by atoms with van der Waals surface area (Å²) in [6.45, 7) is 3.35. The van der Waals surface area contributed by atoms with E-state index in [-0.39, 0.29) is 10.8 Å². The second kappa shape index (κ2) is 4.94. The third-order valence-corrected chi connectivity index (χ3v) is 6.29. The van der Waals surface area contributed by atoms with E-state index in [9.17, 15) is 13.2 Å². The van der Waals surface area contributed by atoms with Crippen LogP contribution in [-0.2, 0) is 14.8 Å². The van der Waals surface area contributed by atoms with Gasteiger partial charge >= 0.3 is 0 Å². The highest BCUT2D eigenvalue weighted by Gasteiger charge is 2.36. The minimum atomic E-state index is -3.54. The zero-order valence-electron chi connectivity index (χ0n) is 12.7. The quantitative estimate of drug-likeness (QED) is 0.783. The van der Waals surface area contributed by atoms with E-state index in [1.54, 1.807) is 35.4 Å². The molecule has 0 unspecified atom stereocenters. The molecule has 0 atom stereocenters. The number of hydrogen-bond donors (Lipinski definition) is 0. The molecule has 7 heteroatoms. The van der Waals surface area contributed by atoms with Gasteiger partial charge in [0.15, 0.2) is 0 Å². The van der Waals surface area contributed by atoms with Crippen LogP contribution in [0.15, 0.2) is 51.0 Å². The van der Waals surface area contributed by atoms with Gasteiger partial charge in [0.25, 0.3) is 0 Å². The summed E-state index contributed by atoms with van der Waals surface area (Å²) < 4.78 is 32.4. The first-order chi connectivity index (χ1) is 10.9. The molecule has 1 aromatic carbocycles. The predicted octanol–water partition coefficient (Wildman–Crippen LogP) is 1.60. The number of fused-ring (bicyclic) bond motifs is 1. The van der Waals surface area contributed by atoms with Crippen LogP contribution in [0, 0.1) is 0 Å². The summed E-state index contributed by atoms with van der Waals surface area (Å²) in [6.07, 6.45) is 1.55. The Hall–Kier alpha value is -2.12. The van der Waals surface area contributed by atoms with E-state index in [1.807, 2.05) is 0 Å². The van der Waals surface area contributed by atoms with Crippen LogP contribution in [0.25, 0.3) is 11.0 Å². The van der Waals surface area contributed by atoms with Crippen molar-refractivity contribution in [2.45, 2.75) is 11.8 Å². The second-order valence-corrected chi connectivity index (χ2v) is 7.91. The number of nitrogens with zero attached hydrogens (tertiary/aromatic N) is 2. The van der Waals surface area contributed by atoms with Gasteiger partial charge in [0.1, 0.15) is 5.58 Å². The van der Waals surface area contributed by atoms with E-state index in [4.69, 9.17) is 4.42 Å². The number of benzene rings is 1. The number of amides is 1. The molecule has 0 fully saturated rings. The summed E-state index contributed by atoms with van der Waals surface area (Å²) in [4.78, 5) is 13.5. The maximum atomic E-state index is 12.8. The fourth-order valence-electron chi connectivity index (χ4n) is 3.19. The molecule has 6 nitrogen and oxygen atoms in total. The topological polar surface area (TPSA) is 70.8 Å². The summed E-state index contributed by atoms with van der Waals surface area (Å²) in [6, 6.07) is 6.64. The van der Waals surface area contributed by atoms with Gasteiger partial charge in [0.2, 0.25) is 15.9 Å². The molecular formula is C16H16N2O4S. The van der Waals surface area contributed by atoms with Crippen molar-refractivity contribution in [2.75, 3.05) is 26.2 Å². The summed E-state index contributed by atoms with van der Waals surface area (Å²) in [5.74, 6) is 0.0271. The maximum Gasteiger partial charge on any atom is 0.243 e. The Bertz CT molecular complexity index is 924. The van der Waals surface area contributed by atoms with Crippen molar-refractivity contribution in [3.05, 3.63) is 41.7 Å². The Balaban J connectivity index is 1.58. The molecule has 4 rings (SSSR count). The van der Waals surface area contributed by atoms with E-state index in [1.165, 1.54) is 11.2 Å². The van der Waals surface area contributed by atoms with Crippen LogP contribution in [0.3, 0.4) is 0 Å². The Kier molecular flexibility index (Phi) is 3.11. The SMILES string of the molecule is CC(=O)N1CC2=C(C1)CN(S(=O)(=O)c1ccc3occc3c1)C2. The highest BCUT2D eigenvalue weighted by atomic mass is 32.2. The van der Waals surface area contributed by atoms with Crippen LogP contribution in [0.1, 0.15) is 6.92 Å². The molecule has 0 radical (unpaired) electrons. The Morgan fingerprint density at radius 2 is 1.78 bits per heavy atom. The van der Waals surface area contributed by atoms with Crippen molar-refractivity contribution in [3.63, 3.8) is 0 Å². The smallest absolute Gasteiger partial charge is 0.243 e. The molecule has 3 heterocycles. The van der Waals surface area contributed by atoms with Crippen LogP contribution in [0.2, 0.25) is 0 Å². The summed E-state index contributed by atoms with van der Waals surface area (Å²) in [5, 5.41) is 0.772. The van der Waals surface area contributed by atoms with Crippen molar-refractivity contribution in [1.29, 1.82) is 0 Å². The number of carbonyl (C=O) groups is 1. The van der Waals surface area contributed by atoms with Gasteiger partial charge in [-0.25, -0.2) is 8.42 Å². The van der Waals surface area contributed by atoms with Gasteiger partial charge in [-0.2, -0.15) is 4.31 Å². The van der Waals surface area contributed by atoms with E-state index in [0.29, 0.717) is 31.8 Å². The third kappa shape index (κ3) is 2.27. The molecule has 2 aliphatic heterocycles. The molecule has 2 aromatic rings. The van der Waals surface area contributed by atoms with Gasteiger partial charge in [0, 0.05) is 38.5 Å². The zero-order chi connectivity index (χ0) is 16.2. The average Bonchev–Trinajstić information content (AvgIpc) is 3.19. The van der Waals surface area contributed by atoms with Gasteiger partial charge in [-0.15, -0.1) is 0 Å². The second-order valence-electron chi connectivity index (χ2n) is 5.98. The normalized spacial score (nSPS) is 18.9. The molecule has 0 aliphatic carbocycles. The number of hydrogen-bond acceptors (Lipinski definition) is 4. The maximum absolute atomic E-state index is 12.8. The van der Waals surface area contributed by atoms with Crippen molar-refractivity contribution in [3.8, 4) is 0 Å². The summed E-state index contributed by atoms with van der Waals surface area (Å²) in [7, 11) is -3.54. The van der Waals surface area contributed by atoms with Crippen LogP contribution >= 0.6 is 0 Å². The monoisotopic (exact) mass is 332 g/mol.